The summed E-state index contributed by atoms with van der Waals surface area (Å²) in [6.45, 7) is 0.0712. The van der Waals surface area contributed by atoms with Crippen LogP contribution in [0.5, 0.6) is 11.5 Å². The summed E-state index contributed by atoms with van der Waals surface area (Å²) < 4.78 is 5.65. The number of aromatic hydroxyl groups is 1. The number of hydrazine groups is 1. The Morgan fingerprint density at radius 2 is 1.97 bits per heavy atom. The third-order valence-corrected chi connectivity index (χ3v) is 5.66. The Morgan fingerprint density at radius 1 is 1.19 bits per heavy atom. The molecule has 10 heteroatoms. The Morgan fingerprint density at radius 3 is 2.71 bits per heavy atom. The molecule has 160 valence electrons. The number of carbonyl (C=O) groups excluding carboxylic acids is 3. The maximum absolute atomic E-state index is 12.7. The van der Waals surface area contributed by atoms with Crippen molar-refractivity contribution < 1.29 is 24.2 Å². The zero-order chi connectivity index (χ0) is 22.4. The molecule has 31 heavy (non-hydrogen) atoms. The molecule has 0 aliphatic carbocycles. The molecule has 0 bridgehead atoms. The molecule has 0 spiro atoms. The molecular formula is C21H19N3O5S2. The van der Waals surface area contributed by atoms with Crippen LogP contribution < -0.4 is 15.6 Å². The van der Waals surface area contributed by atoms with E-state index in [4.69, 9.17) is 17.0 Å². The van der Waals surface area contributed by atoms with Gasteiger partial charge in [0.25, 0.3) is 11.8 Å². The van der Waals surface area contributed by atoms with E-state index in [1.54, 1.807) is 19.3 Å². The summed E-state index contributed by atoms with van der Waals surface area (Å²) >= 11 is 6.43. The molecule has 2 aromatic carbocycles. The highest BCUT2D eigenvalue weighted by atomic mass is 32.2. The molecule has 3 N–H and O–H groups in total. The minimum Gasteiger partial charge on any atom is -0.508 e. The summed E-state index contributed by atoms with van der Waals surface area (Å²) in [5, 5.41) is 9.41. The Balaban J connectivity index is 1.55. The number of phenols is 1. The first-order valence-electron chi connectivity index (χ1n) is 9.15. The molecule has 0 saturated carbocycles. The van der Waals surface area contributed by atoms with Gasteiger partial charge in [0, 0.05) is 24.1 Å². The molecule has 1 heterocycles. The minimum absolute atomic E-state index is 0.0606. The fourth-order valence-corrected chi connectivity index (χ4v) is 4.04. The highest BCUT2D eigenvalue weighted by Crippen LogP contribution is 2.34. The van der Waals surface area contributed by atoms with Crippen molar-refractivity contribution in [2.24, 2.45) is 0 Å². The monoisotopic (exact) mass is 457 g/mol. The van der Waals surface area contributed by atoms with Gasteiger partial charge in [-0.1, -0.05) is 48.2 Å². The molecule has 1 saturated heterocycles. The maximum atomic E-state index is 12.7. The highest BCUT2D eigenvalue weighted by molar-refractivity contribution is 8.26. The van der Waals surface area contributed by atoms with E-state index in [9.17, 15) is 19.5 Å². The number of ether oxygens (including phenoxy) is 1. The SMILES string of the molecule is COc1ccccc1C=C1SC(=S)N(CCC(=O)NNC(=O)c2cccc(O)c2)C1=O. The van der Waals surface area contributed by atoms with E-state index >= 15 is 0 Å². The lowest BCUT2D eigenvalue weighted by molar-refractivity contribution is -0.124. The predicted molar refractivity (Wildman–Crippen MR) is 121 cm³/mol. The van der Waals surface area contributed by atoms with Crippen LogP contribution in [0, 0.1) is 0 Å². The summed E-state index contributed by atoms with van der Waals surface area (Å²) in [5.41, 5.74) is 5.48. The molecule has 0 atom stereocenters. The minimum atomic E-state index is -0.574. The fraction of sp³-hybridized carbons (Fsp3) is 0.143. The topological polar surface area (TPSA) is 108 Å². The Hall–Kier alpha value is -3.37. The van der Waals surface area contributed by atoms with E-state index in [0.717, 1.165) is 17.3 Å². The van der Waals surface area contributed by atoms with Crippen molar-refractivity contribution >= 4 is 52.1 Å². The van der Waals surface area contributed by atoms with Crippen LogP contribution in [-0.2, 0) is 9.59 Å². The van der Waals surface area contributed by atoms with Gasteiger partial charge in [-0.05, 0) is 30.3 Å². The van der Waals surface area contributed by atoms with Gasteiger partial charge in [-0.25, -0.2) is 0 Å². The van der Waals surface area contributed by atoms with Gasteiger partial charge >= 0.3 is 0 Å². The van der Waals surface area contributed by atoms with E-state index in [1.807, 2.05) is 18.2 Å². The van der Waals surface area contributed by atoms with Crippen LogP contribution in [-0.4, -0.2) is 45.7 Å². The molecule has 0 radical (unpaired) electrons. The van der Waals surface area contributed by atoms with Gasteiger partial charge in [0.2, 0.25) is 5.91 Å². The van der Waals surface area contributed by atoms with Crippen LogP contribution in [0.2, 0.25) is 0 Å². The second-order valence-corrected chi connectivity index (χ2v) is 8.05. The number of benzene rings is 2. The number of carbonyl (C=O) groups is 3. The van der Waals surface area contributed by atoms with Crippen LogP contribution in [0.4, 0.5) is 0 Å². The van der Waals surface area contributed by atoms with Crippen LogP contribution in [0.1, 0.15) is 22.3 Å². The zero-order valence-corrected chi connectivity index (χ0v) is 18.1. The van der Waals surface area contributed by atoms with Crippen LogP contribution >= 0.6 is 24.0 Å². The second kappa shape index (κ2) is 10.1. The van der Waals surface area contributed by atoms with Gasteiger partial charge in [0.05, 0.1) is 12.0 Å². The summed E-state index contributed by atoms with van der Waals surface area (Å²) in [6, 6.07) is 13.0. The normalized spacial score (nSPS) is 14.6. The summed E-state index contributed by atoms with van der Waals surface area (Å²) in [5.74, 6) is -0.785. The summed E-state index contributed by atoms with van der Waals surface area (Å²) in [6.07, 6.45) is 1.64. The van der Waals surface area contributed by atoms with Crippen molar-refractivity contribution in [2.45, 2.75) is 6.42 Å². The first-order chi connectivity index (χ1) is 14.9. The van der Waals surface area contributed by atoms with Gasteiger partial charge in [0.1, 0.15) is 15.8 Å². The molecule has 3 amide bonds. The van der Waals surface area contributed by atoms with Crippen LogP contribution in [0.3, 0.4) is 0 Å². The molecule has 2 aromatic rings. The van der Waals surface area contributed by atoms with Crippen molar-refractivity contribution in [3.05, 3.63) is 64.6 Å². The van der Waals surface area contributed by atoms with Crippen molar-refractivity contribution in [3.63, 3.8) is 0 Å². The number of methoxy groups -OCH3 is 1. The number of rotatable bonds is 6. The van der Waals surface area contributed by atoms with Crippen molar-refractivity contribution in [2.75, 3.05) is 13.7 Å². The number of nitrogens with zero attached hydrogens (tertiary/aromatic N) is 1. The smallest absolute Gasteiger partial charge is 0.269 e. The van der Waals surface area contributed by atoms with E-state index in [0.29, 0.717) is 15.0 Å². The fourth-order valence-electron chi connectivity index (χ4n) is 2.74. The number of phenolic OH excluding ortho intramolecular Hbond substituents is 1. The molecule has 3 rings (SSSR count). The lowest BCUT2D eigenvalue weighted by Crippen LogP contribution is -2.43. The average Bonchev–Trinajstić information content (AvgIpc) is 3.03. The number of thioether (sulfide) groups is 1. The van der Waals surface area contributed by atoms with E-state index < -0.39 is 11.8 Å². The van der Waals surface area contributed by atoms with Crippen LogP contribution in [0.15, 0.2) is 53.4 Å². The van der Waals surface area contributed by atoms with Gasteiger partial charge < -0.3 is 9.84 Å². The summed E-state index contributed by atoms with van der Waals surface area (Å²) in [7, 11) is 1.55. The first kappa shape index (κ1) is 22.3. The zero-order valence-electron chi connectivity index (χ0n) is 16.5. The lowest BCUT2D eigenvalue weighted by atomic mass is 10.2. The summed E-state index contributed by atoms with van der Waals surface area (Å²) in [4.78, 5) is 38.6. The number of thiocarbonyl (C=S) groups is 1. The van der Waals surface area contributed by atoms with Gasteiger partial charge in [0.15, 0.2) is 0 Å². The third-order valence-electron chi connectivity index (χ3n) is 4.29. The van der Waals surface area contributed by atoms with Crippen molar-refractivity contribution in [1.82, 2.24) is 15.8 Å². The average molecular weight is 458 g/mol. The van der Waals surface area contributed by atoms with E-state index in [1.165, 1.54) is 29.2 Å². The molecule has 0 aromatic heterocycles. The van der Waals surface area contributed by atoms with Gasteiger partial charge in [-0.3, -0.25) is 30.1 Å². The van der Waals surface area contributed by atoms with E-state index in [2.05, 4.69) is 10.9 Å². The number of hydrogen-bond donors (Lipinski definition) is 3. The maximum Gasteiger partial charge on any atom is 0.269 e. The number of hydrogen-bond acceptors (Lipinski definition) is 7. The first-order valence-corrected chi connectivity index (χ1v) is 10.4. The van der Waals surface area contributed by atoms with Gasteiger partial charge in [-0.2, -0.15) is 0 Å². The quantitative estimate of drug-likeness (QED) is 0.347. The van der Waals surface area contributed by atoms with Crippen LogP contribution in [0.25, 0.3) is 6.08 Å². The Bertz CT molecular complexity index is 1070. The third kappa shape index (κ3) is 5.62. The molecule has 8 nitrogen and oxygen atoms in total. The second-order valence-electron chi connectivity index (χ2n) is 6.38. The molecule has 1 aliphatic heterocycles. The highest BCUT2D eigenvalue weighted by Gasteiger charge is 2.32. The largest absolute Gasteiger partial charge is 0.508 e. The number of amides is 3. The predicted octanol–water partition coefficient (Wildman–Crippen LogP) is 2.45. The molecule has 1 fully saturated rings. The molecule has 0 unspecified atom stereocenters. The number of nitrogens with one attached hydrogen (secondary N) is 2. The van der Waals surface area contributed by atoms with Crippen molar-refractivity contribution in [3.8, 4) is 11.5 Å². The lowest BCUT2D eigenvalue weighted by Gasteiger charge is -2.14. The van der Waals surface area contributed by atoms with Gasteiger partial charge in [-0.15, -0.1) is 0 Å². The molecule has 1 aliphatic rings. The standard InChI is InChI=1S/C21H19N3O5S2/c1-29-16-8-3-2-5-13(16)12-17-20(28)24(21(30)31-17)10-9-18(26)22-23-19(27)14-6-4-7-15(25)11-14/h2-8,11-12,25H,9-10H2,1H3,(H,22,26)(H,23,27). The molecular weight excluding hydrogens is 438 g/mol. The Kier molecular flexibility index (Phi) is 7.27. The van der Waals surface area contributed by atoms with Crippen molar-refractivity contribution in [1.29, 1.82) is 0 Å². The van der Waals surface area contributed by atoms with E-state index in [-0.39, 0.29) is 30.2 Å². The number of para-hydroxylation sites is 1. The Labute approximate surface area is 188 Å².